The summed E-state index contributed by atoms with van der Waals surface area (Å²) >= 11 is 0. The average molecular weight is 261 g/mol. The van der Waals surface area contributed by atoms with Crippen LogP contribution >= 0.6 is 0 Å². The molecule has 1 heterocycles. The second-order valence-corrected chi connectivity index (χ2v) is 6.15. The van der Waals surface area contributed by atoms with Gasteiger partial charge in [-0.1, -0.05) is 26.0 Å². The molecule has 1 fully saturated rings. The van der Waals surface area contributed by atoms with Crippen LogP contribution in [0.2, 0.25) is 0 Å². The van der Waals surface area contributed by atoms with Gasteiger partial charge in [0.25, 0.3) is 5.91 Å². The number of hydrogen-bond donors (Lipinski definition) is 2. The van der Waals surface area contributed by atoms with Crippen molar-refractivity contribution in [3.8, 4) is 0 Å². The van der Waals surface area contributed by atoms with E-state index in [0.29, 0.717) is 11.0 Å². The largest absolute Gasteiger partial charge is 0.299 e. The highest BCUT2D eigenvalue weighted by Gasteiger charge is 2.26. The van der Waals surface area contributed by atoms with Crippen LogP contribution in [0.5, 0.6) is 0 Å². The van der Waals surface area contributed by atoms with Gasteiger partial charge in [-0.05, 0) is 42.5 Å². The normalized spacial score (nSPS) is 19.1. The number of carbonyl (C=O) groups excluding carboxylic acids is 1. The third-order valence-corrected chi connectivity index (χ3v) is 3.73. The lowest BCUT2D eigenvalue weighted by Gasteiger charge is -2.38. The Balaban J connectivity index is 1.98. The first-order valence-corrected chi connectivity index (χ1v) is 6.82. The van der Waals surface area contributed by atoms with E-state index < -0.39 is 0 Å². The van der Waals surface area contributed by atoms with Crippen LogP contribution in [0.3, 0.4) is 0 Å². The van der Waals surface area contributed by atoms with E-state index in [-0.39, 0.29) is 5.91 Å². The number of amides is 1. The van der Waals surface area contributed by atoms with Crippen molar-refractivity contribution in [2.45, 2.75) is 33.2 Å². The Bertz CT molecular complexity index is 439. The Morgan fingerprint density at radius 1 is 1.37 bits per heavy atom. The summed E-state index contributed by atoms with van der Waals surface area (Å²) in [5.41, 5.74) is 4.40. The second-order valence-electron chi connectivity index (χ2n) is 6.15. The molecule has 1 aliphatic heterocycles. The Hall–Kier alpha value is -1.39. The predicted molar refractivity (Wildman–Crippen MR) is 76.4 cm³/mol. The summed E-state index contributed by atoms with van der Waals surface area (Å²) in [6.45, 7) is 7.90. The van der Waals surface area contributed by atoms with Crippen LogP contribution in [0.1, 0.15) is 42.6 Å². The summed E-state index contributed by atoms with van der Waals surface area (Å²) in [5, 5.41) is 0. The first-order chi connectivity index (χ1) is 9.00. The van der Waals surface area contributed by atoms with Gasteiger partial charge < -0.3 is 0 Å². The number of benzene rings is 1. The Morgan fingerprint density at radius 3 is 2.63 bits per heavy atom. The second kappa shape index (κ2) is 5.72. The van der Waals surface area contributed by atoms with Crippen molar-refractivity contribution < 1.29 is 4.79 Å². The molecular weight excluding hydrogens is 238 g/mol. The van der Waals surface area contributed by atoms with Crippen LogP contribution in [0.25, 0.3) is 0 Å². The van der Waals surface area contributed by atoms with Gasteiger partial charge in [-0.25, -0.2) is 5.84 Å². The predicted octanol–water partition coefficient (Wildman–Crippen LogP) is 1.91. The van der Waals surface area contributed by atoms with Gasteiger partial charge in [0.05, 0.1) is 0 Å². The molecule has 2 rings (SSSR count). The lowest BCUT2D eigenvalue weighted by molar-refractivity contribution is 0.0953. The van der Waals surface area contributed by atoms with E-state index in [0.717, 1.165) is 19.6 Å². The first-order valence-electron chi connectivity index (χ1n) is 6.82. The van der Waals surface area contributed by atoms with Gasteiger partial charge in [0, 0.05) is 18.7 Å². The SMILES string of the molecule is CC1(C)CCCN(Cc2ccc(C(=O)NN)cc2)C1. The molecule has 0 unspecified atom stereocenters. The molecule has 1 saturated heterocycles. The maximum atomic E-state index is 11.4. The molecule has 4 nitrogen and oxygen atoms in total. The topological polar surface area (TPSA) is 58.4 Å². The molecule has 4 heteroatoms. The Labute approximate surface area is 114 Å². The van der Waals surface area contributed by atoms with Crippen LogP contribution in [0.4, 0.5) is 0 Å². The van der Waals surface area contributed by atoms with Gasteiger partial charge in [0.15, 0.2) is 0 Å². The molecule has 0 aliphatic carbocycles. The maximum absolute atomic E-state index is 11.4. The fourth-order valence-corrected chi connectivity index (χ4v) is 2.78. The zero-order valence-electron chi connectivity index (χ0n) is 11.8. The molecule has 1 aromatic carbocycles. The molecule has 19 heavy (non-hydrogen) atoms. The summed E-state index contributed by atoms with van der Waals surface area (Å²) in [6.07, 6.45) is 2.57. The molecular formula is C15H23N3O. The molecule has 0 atom stereocenters. The fraction of sp³-hybridized carbons (Fsp3) is 0.533. The van der Waals surface area contributed by atoms with Crippen molar-refractivity contribution in [3.63, 3.8) is 0 Å². The van der Waals surface area contributed by atoms with E-state index in [1.54, 1.807) is 0 Å². The minimum absolute atomic E-state index is 0.245. The Kier molecular flexibility index (Phi) is 4.22. The monoisotopic (exact) mass is 261 g/mol. The number of likely N-dealkylation sites (tertiary alicyclic amines) is 1. The van der Waals surface area contributed by atoms with Gasteiger partial charge in [0.2, 0.25) is 0 Å². The van der Waals surface area contributed by atoms with Crippen LogP contribution in [0.15, 0.2) is 24.3 Å². The van der Waals surface area contributed by atoms with Crippen LogP contribution in [-0.2, 0) is 6.54 Å². The molecule has 3 N–H and O–H groups in total. The van der Waals surface area contributed by atoms with Gasteiger partial charge in [-0.3, -0.25) is 15.1 Å². The standard InChI is InChI=1S/C15H23N3O/c1-15(2)8-3-9-18(11-15)10-12-4-6-13(7-5-12)14(19)17-16/h4-7H,3,8-11,16H2,1-2H3,(H,17,19). The number of carbonyl (C=O) groups is 1. The van der Waals surface area contributed by atoms with Gasteiger partial charge in [-0.15, -0.1) is 0 Å². The minimum Gasteiger partial charge on any atom is -0.299 e. The number of rotatable bonds is 3. The minimum atomic E-state index is -0.245. The average Bonchev–Trinajstić information content (AvgIpc) is 2.37. The summed E-state index contributed by atoms with van der Waals surface area (Å²) in [7, 11) is 0. The van der Waals surface area contributed by atoms with Crippen LogP contribution in [-0.4, -0.2) is 23.9 Å². The molecule has 104 valence electrons. The Morgan fingerprint density at radius 2 is 2.05 bits per heavy atom. The molecule has 0 saturated carbocycles. The molecule has 0 spiro atoms. The number of nitrogens with zero attached hydrogens (tertiary/aromatic N) is 1. The summed E-state index contributed by atoms with van der Waals surface area (Å²) in [6, 6.07) is 7.66. The molecule has 0 aromatic heterocycles. The number of hydrogen-bond acceptors (Lipinski definition) is 3. The summed E-state index contributed by atoms with van der Waals surface area (Å²) in [5.74, 6) is 4.87. The van der Waals surface area contributed by atoms with Crippen molar-refractivity contribution >= 4 is 5.91 Å². The van der Waals surface area contributed by atoms with Crippen molar-refractivity contribution in [1.29, 1.82) is 0 Å². The molecule has 1 aromatic rings. The van der Waals surface area contributed by atoms with E-state index in [1.807, 2.05) is 24.3 Å². The van der Waals surface area contributed by atoms with E-state index in [2.05, 4.69) is 24.2 Å². The van der Waals surface area contributed by atoms with E-state index >= 15 is 0 Å². The first kappa shape index (κ1) is 14.0. The summed E-state index contributed by atoms with van der Waals surface area (Å²) in [4.78, 5) is 13.8. The lowest BCUT2D eigenvalue weighted by Crippen LogP contribution is -2.39. The number of nitrogen functional groups attached to an aromatic ring is 1. The van der Waals surface area contributed by atoms with Crippen LogP contribution < -0.4 is 11.3 Å². The van der Waals surface area contributed by atoms with Crippen molar-refractivity contribution in [2.24, 2.45) is 11.3 Å². The molecule has 0 radical (unpaired) electrons. The highest BCUT2D eigenvalue weighted by atomic mass is 16.2. The molecule has 1 aliphatic rings. The number of piperidine rings is 1. The highest BCUT2D eigenvalue weighted by Crippen LogP contribution is 2.29. The number of nitrogens with one attached hydrogen (secondary N) is 1. The quantitative estimate of drug-likeness (QED) is 0.496. The zero-order valence-corrected chi connectivity index (χ0v) is 11.8. The maximum Gasteiger partial charge on any atom is 0.265 e. The van der Waals surface area contributed by atoms with Gasteiger partial charge in [0.1, 0.15) is 0 Å². The number of hydrazine groups is 1. The van der Waals surface area contributed by atoms with E-state index in [4.69, 9.17) is 5.84 Å². The highest BCUT2D eigenvalue weighted by molar-refractivity contribution is 5.93. The summed E-state index contributed by atoms with van der Waals surface area (Å²) < 4.78 is 0. The van der Waals surface area contributed by atoms with Gasteiger partial charge in [-0.2, -0.15) is 0 Å². The lowest BCUT2D eigenvalue weighted by atomic mass is 9.84. The third kappa shape index (κ3) is 3.78. The van der Waals surface area contributed by atoms with Gasteiger partial charge >= 0.3 is 0 Å². The van der Waals surface area contributed by atoms with Crippen molar-refractivity contribution in [2.75, 3.05) is 13.1 Å². The molecule has 1 amide bonds. The zero-order chi connectivity index (χ0) is 13.9. The van der Waals surface area contributed by atoms with Crippen molar-refractivity contribution in [3.05, 3.63) is 35.4 Å². The number of nitrogens with two attached hydrogens (primary N) is 1. The van der Waals surface area contributed by atoms with E-state index in [1.165, 1.54) is 18.4 Å². The fourth-order valence-electron chi connectivity index (χ4n) is 2.78. The molecule has 0 bridgehead atoms. The van der Waals surface area contributed by atoms with Crippen molar-refractivity contribution in [1.82, 2.24) is 10.3 Å². The van der Waals surface area contributed by atoms with Crippen LogP contribution in [0, 0.1) is 5.41 Å². The third-order valence-electron chi connectivity index (χ3n) is 3.73. The van der Waals surface area contributed by atoms with E-state index in [9.17, 15) is 4.79 Å². The smallest absolute Gasteiger partial charge is 0.265 e.